The van der Waals surface area contributed by atoms with E-state index in [0.717, 1.165) is 12.8 Å². The molecule has 1 N–H and O–H groups in total. The van der Waals surface area contributed by atoms with Crippen molar-refractivity contribution >= 4 is 0 Å². The van der Waals surface area contributed by atoms with E-state index in [4.69, 9.17) is 5.11 Å². The molecule has 0 radical (unpaired) electrons. The molecule has 1 aromatic rings. The van der Waals surface area contributed by atoms with Gasteiger partial charge >= 0.3 is 0 Å². The van der Waals surface area contributed by atoms with Crippen LogP contribution in [0.1, 0.15) is 32.8 Å². The molecule has 0 saturated heterocycles. The molecule has 1 nitrogen and oxygen atoms in total. The third-order valence-corrected chi connectivity index (χ3v) is 2.08. The van der Waals surface area contributed by atoms with Crippen LogP contribution in [-0.4, -0.2) is 11.7 Å². The summed E-state index contributed by atoms with van der Waals surface area (Å²) in [4.78, 5) is 0. The third kappa shape index (κ3) is 5.76. The molecule has 1 aromatic carbocycles. The molecule has 1 heteroatoms. The second-order valence-electron chi connectivity index (χ2n) is 3.31. The van der Waals surface area contributed by atoms with Crippen LogP contribution < -0.4 is 0 Å². The minimum Gasteiger partial charge on any atom is -0.396 e. The summed E-state index contributed by atoms with van der Waals surface area (Å²) in [5, 5.41) is 8.81. The van der Waals surface area contributed by atoms with Crippen LogP contribution in [0.25, 0.3) is 0 Å². The van der Waals surface area contributed by atoms with Crippen molar-refractivity contribution in [3.8, 4) is 0 Å². The maximum Gasteiger partial charge on any atom is 0.0456 e. The molecule has 0 saturated carbocycles. The second kappa shape index (κ2) is 8.76. The number of rotatable bonds is 4. The highest BCUT2D eigenvalue weighted by molar-refractivity contribution is 5.14. The fourth-order valence-electron chi connectivity index (χ4n) is 1.15. The van der Waals surface area contributed by atoms with Gasteiger partial charge in [0, 0.05) is 6.61 Å². The number of hydrogen-bond acceptors (Lipinski definition) is 1. The first-order valence-electron chi connectivity index (χ1n) is 5.47. The van der Waals surface area contributed by atoms with Gasteiger partial charge in [-0.15, -0.1) is 0 Å². The lowest BCUT2D eigenvalue weighted by atomic mass is 10.0. The predicted octanol–water partition coefficient (Wildman–Crippen LogP) is 3.27. The average Bonchev–Trinajstić information content (AvgIpc) is 2.30. The van der Waals surface area contributed by atoms with Crippen LogP contribution in [0, 0.1) is 5.92 Å². The van der Waals surface area contributed by atoms with E-state index in [1.54, 1.807) is 0 Å². The lowest BCUT2D eigenvalue weighted by molar-refractivity contribution is 0.230. The van der Waals surface area contributed by atoms with Gasteiger partial charge in [-0.3, -0.25) is 0 Å². The van der Waals surface area contributed by atoms with Crippen molar-refractivity contribution in [1.82, 2.24) is 0 Å². The highest BCUT2D eigenvalue weighted by Crippen LogP contribution is 2.08. The molecule has 0 fully saturated rings. The quantitative estimate of drug-likeness (QED) is 0.780. The van der Waals surface area contributed by atoms with Crippen LogP contribution in [0.3, 0.4) is 0 Å². The molecule has 0 aliphatic carbocycles. The van der Waals surface area contributed by atoms with E-state index in [-0.39, 0.29) is 0 Å². The van der Waals surface area contributed by atoms with Gasteiger partial charge in [0.1, 0.15) is 0 Å². The van der Waals surface area contributed by atoms with E-state index in [0.29, 0.717) is 12.5 Å². The highest BCUT2D eigenvalue weighted by Gasteiger charge is 1.99. The standard InChI is InChI=1S/C11H16O.C2H6/c1-10(9-12)7-8-11-5-3-2-4-6-11;1-2/h2-6,10,12H,7-9H2,1H3;1-2H3. The summed E-state index contributed by atoms with van der Waals surface area (Å²) in [5.74, 6) is 0.421. The Hall–Kier alpha value is -0.820. The van der Waals surface area contributed by atoms with Crippen LogP contribution in [0.15, 0.2) is 30.3 Å². The van der Waals surface area contributed by atoms with Gasteiger partial charge in [-0.2, -0.15) is 0 Å². The van der Waals surface area contributed by atoms with Gasteiger partial charge in [-0.05, 0) is 24.3 Å². The fourth-order valence-corrected chi connectivity index (χ4v) is 1.15. The maximum atomic E-state index is 8.81. The Bertz CT molecular complexity index is 206. The van der Waals surface area contributed by atoms with Crippen LogP contribution in [0.5, 0.6) is 0 Å². The van der Waals surface area contributed by atoms with Gasteiger partial charge < -0.3 is 5.11 Å². The Morgan fingerprint density at radius 1 is 1.14 bits per heavy atom. The van der Waals surface area contributed by atoms with E-state index in [1.807, 2.05) is 19.9 Å². The van der Waals surface area contributed by atoms with Gasteiger partial charge in [-0.25, -0.2) is 0 Å². The van der Waals surface area contributed by atoms with Crippen molar-refractivity contribution in [2.75, 3.05) is 6.61 Å². The first kappa shape index (κ1) is 13.2. The molecule has 0 aliphatic heterocycles. The molecular formula is C13H22O. The van der Waals surface area contributed by atoms with E-state index < -0.39 is 0 Å². The van der Waals surface area contributed by atoms with Gasteiger partial charge in [0.05, 0.1) is 0 Å². The van der Waals surface area contributed by atoms with Gasteiger partial charge in [-0.1, -0.05) is 51.1 Å². The molecule has 80 valence electrons. The molecule has 0 aliphatic rings. The van der Waals surface area contributed by atoms with Crippen LogP contribution in [0.4, 0.5) is 0 Å². The number of hydrogen-bond donors (Lipinski definition) is 1. The minimum atomic E-state index is 0.298. The van der Waals surface area contributed by atoms with Crippen LogP contribution >= 0.6 is 0 Å². The van der Waals surface area contributed by atoms with Crippen molar-refractivity contribution in [1.29, 1.82) is 0 Å². The van der Waals surface area contributed by atoms with Crippen molar-refractivity contribution < 1.29 is 5.11 Å². The lowest BCUT2D eigenvalue weighted by Gasteiger charge is -2.06. The lowest BCUT2D eigenvalue weighted by Crippen LogP contribution is -2.01. The summed E-state index contributed by atoms with van der Waals surface area (Å²) in [7, 11) is 0. The zero-order valence-corrected chi connectivity index (χ0v) is 9.53. The molecule has 1 unspecified atom stereocenters. The summed E-state index contributed by atoms with van der Waals surface area (Å²) in [5.41, 5.74) is 1.36. The molecule has 1 rings (SSSR count). The summed E-state index contributed by atoms with van der Waals surface area (Å²) in [6.45, 7) is 6.37. The first-order valence-corrected chi connectivity index (χ1v) is 5.47. The van der Waals surface area contributed by atoms with E-state index in [1.165, 1.54) is 5.56 Å². The maximum absolute atomic E-state index is 8.81. The normalized spacial score (nSPS) is 11.4. The summed E-state index contributed by atoms with van der Waals surface area (Å²) in [6.07, 6.45) is 2.14. The average molecular weight is 194 g/mol. The largest absolute Gasteiger partial charge is 0.396 e. The number of aliphatic hydroxyl groups excluding tert-OH is 1. The zero-order chi connectivity index (χ0) is 10.8. The van der Waals surface area contributed by atoms with Crippen molar-refractivity contribution in [3.05, 3.63) is 35.9 Å². The molecule has 0 aromatic heterocycles. The van der Waals surface area contributed by atoms with Crippen LogP contribution in [0.2, 0.25) is 0 Å². The Labute approximate surface area is 87.8 Å². The second-order valence-corrected chi connectivity index (χ2v) is 3.31. The monoisotopic (exact) mass is 194 g/mol. The first-order chi connectivity index (χ1) is 6.83. The number of benzene rings is 1. The summed E-state index contributed by atoms with van der Waals surface area (Å²) in [6, 6.07) is 10.4. The smallest absolute Gasteiger partial charge is 0.0456 e. The SMILES string of the molecule is CC.CC(CO)CCc1ccccc1. The number of aryl methyl sites for hydroxylation is 1. The van der Waals surface area contributed by atoms with E-state index >= 15 is 0 Å². The Balaban J connectivity index is 0.000000791. The van der Waals surface area contributed by atoms with Gasteiger partial charge in [0.2, 0.25) is 0 Å². The highest BCUT2D eigenvalue weighted by atomic mass is 16.3. The topological polar surface area (TPSA) is 20.2 Å². The zero-order valence-electron chi connectivity index (χ0n) is 9.53. The molecule has 14 heavy (non-hydrogen) atoms. The predicted molar refractivity (Wildman–Crippen MR) is 62.4 cm³/mol. The van der Waals surface area contributed by atoms with Crippen molar-refractivity contribution in [2.45, 2.75) is 33.6 Å². The van der Waals surface area contributed by atoms with Gasteiger partial charge in [0.15, 0.2) is 0 Å². The third-order valence-electron chi connectivity index (χ3n) is 2.08. The Kier molecular flexibility index (Phi) is 8.25. The van der Waals surface area contributed by atoms with Crippen molar-refractivity contribution in [2.24, 2.45) is 5.92 Å². The van der Waals surface area contributed by atoms with Crippen LogP contribution in [-0.2, 0) is 6.42 Å². The molecular weight excluding hydrogens is 172 g/mol. The summed E-state index contributed by atoms with van der Waals surface area (Å²) < 4.78 is 0. The molecule has 0 amide bonds. The number of aliphatic hydroxyl groups is 1. The Morgan fingerprint density at radius 3 is 2.21 bits per heavy atom. The molecule has 0 spiro atoms. The molecule has 0 bridgehead atoms. The van der Waals surface area contributed by atoms with Gasteiger partial charge in [0.25, 0.3) is 0 Å². The minimum absolute atomic E-state index is 0.298. The van der Waals surface area contributed by atoms with E-state index in [9.17, 15) is 0 Å². The summed E-state index contributed by atoms with van der Waals surface area (Å²) >= 11 is 0. The molecule has 0 heterocycles. The Morgan fingerprint density at radius 2 is 1.71 bits per heavy atom. The fraction of sp³-hybridized carbons (Fsp3) is 0.538. The molecule has 1 atom stereocenters. The van der Waals surface area contributed by atoms with Crippen molar-refractivity contribution in [3.63, 3.8) is 0 Å². The van der Waals surface area contributed by atoms with E-state index in [2.05, 4.69) is 31.2 Å².